The summed E-state index contributed by atoms with van der Waals surface area (Å²) in [5, 5.41) is 12.9. The molecule has 5 heteroatoms. The number of carbonyl (C=O) groups is 1. The molecule has 2 fully saturated rings. The minimum absolute atomic E-state index is 0.144. The Morgan fingerprint density at radius 2 is 2.29 bits per heavy atom. The van der Waals surface area contributed by atoms with Crippen LogP contribution in [-0.2, 0) is 4.74 Å². The number of benzene rings is 1. The number of aromatic carboxylic acids is 1. The van der Waals surface area contributed by atoms with Crippen molar-refractivity contribution >= 4 is 23.3 Å². The van der Waals surface area contributed by atoms with E-state index in [1.807, 2.05) is 13.0 Å². The smallest absolute Gasteiger partial charge is 0.337 e. The van der Waals surface area contributed by atoms with Gasteiger partial charge in [0, 0.05) is 23.8 Å². The van der Waals surface area contributed by atoms with Crippen LogP contribution in [0.15, 0.2) is 18.2 Å². The molecule has 1 aromatic rings. The van der Waals surface area contributed by atoms with Crippen LogP contribution in [0.3, 0.4) is 0 Å². The number of hydrogen-bond donors (Lipinski definition) is 2. The first-order valence-electron chi connectivity index (χ1n) is 7.48. The fraction of sp³-hybridized carbons (Fsp3) is 0.562. The van der Waals surface area contributed by atoms with E-state index in [0.29, 0.717) is 12.1 Å². The minimum Gasteiger partial charge on any atom is -0.478 e. The predicted molar refractivity (Wildman–Crippen MR) is 82.1 cm³/mol. The summed E-state index contributed by atoms with van der Waals surface area (Å²) in [5.41, 5.74) is 1.21. The first-order valence-corrected chi connectivity index (χ1v) is 7.85. The topological polar surface area (TPSA) is 58.6 Å². The lowest BCUT2D eigenvalue weighted by Crippen LogP contribution is -2.64. The number of anilines is 1. The maximum absolute atomic E-state index is 11.1. The number of carboxylic acids is 1. The second-order valence-electron chi connectivity index (χ2n) is 5.96. The van der Waals surface area contributed by atoms with Gasteiger partial charge >= 0.3 is 5.97 Å². The Balaban J connectivity index is 1.73. The first-order chi connectivity index (χ1) is 10.1. The van der Waals surface area contributed by atoms with Gasteiger partial charge in [0.25, 0.3) is 0 Å². The van der Waals surface area contributed by atoms with Crippen LogP contribution < -0.4 is 5.32 Å². The molecule has 21 heavy (non-hydrogen) atoms. The lowest BCUT2D eigenvalue weighted by molar-refractivity contribution is -0.157. The van der Waals surface area contributed by atoms with Crippen LogP contribution in [0.25, 0.3) is 0 Å². The van der Waals surface area contributed by atoms with Crippen LogP contribution in [0.2, 0.25) is 5.02 Å². The minimum atomic E-state index is -0.997. The molecule has 0 aliphatic heterocycles. The van der Waals surface area contributed by atoms with Gasteiger partial charge in [0.15, 0.2) is 0 Å². The molecule has 2 N–H and O–H groups in total. The molecule has 0 bridgehead atoms. The molecular weight excluding hydrogens is 290 g/mol. The highest BCUT2D eigenvalue weighted by Crippen LogP contribution is 2.58. The number of hydrogen-bond acceptors (Lipinski definition) is 3. The summed E-state index contributed by atoms with van der Waals surface area (Å²) in [6.45, 7) is 2.79. The largest absolute Gasteiger partial charge is 0.478 e. The SMILES string of the molecule is CCOC1CC(Nc2ccc(Cl)c(C(=O)O)c2)C12CCC2. The molecule has 0 saturated heterocycles. The number of carboxylic acid groups (broad SMARTS) is 1. The molecule has 1 aromatic carbocycles. The molecule has 4 nitrogen and oxygen atoms in total. The molecule has 2 atom stereocenters. The number of halogens is 1. The van der Waals surface area contributed by atoms with Crippen LogP contribution >= 0.6 is 11.6 Å². The van der Waals surface area contributed by atoms with Crippen LogP contribution in [0, 0.1) is 5.41 Å². The van der Waals surface area contributed by atoms with Crippen molar-refractivity contribution in [2.75, 3.05) is 11.9 Å². The molecule has 0 radical (unpaired) electrons. The van der Waals surface area contributed by atoms with Crippen molar-refractivity contribution in [2.24, 2.45) is 5.41 Å². The highest BCUT2D eigenvalue weighted by Gasteiger charge is 2.58. The van der Waals surface area contributed by atoms with E-state index in [1.54, 1.807) is 12.1 Å². The standard InChI is InChI=1S/C16H20ClNO3/c1-2-21-14-9-13(16(14)6-3-7-16)18-10-4-5-12(17)11(8-10)15(19)20/h4-5,8,13-14,18H,2-3,6-7,9H2,1H3,(H,19,20). The van der Waals surface area contributed by atoms with E-state index in [-0.39, 0.29) is 16.0 Å². The third-order valence-electron chi connectivity index (χ3n) is 4.97. The van der Waals surface area contributed by atoms with Gasteiger partial charge in [-0.05, 0) is 44.4 Å². The molecule has 2 unspecified atom stereocenters. The van der Waals surface area contributed by atoms with Gasteiger partial charge in [0.1, 0.15) is 0 Å². The van der Waals surface area contributed by atoms with Crippen molar-refractivity contribution in [3.05, 3.63) is 28.8 Å². The monoisotopic (exact) mass is 309 g/mol. The number of rotatable bonds is 5. The number of nitrogens with one attached hydrogen (secondary N) is 1. The first kappa shape index (κ1) is 14.7. The fourth-order valence-electron chi connectivity index (χ4n) is 3.62. The average molecular weight is 310 g/mol. The van der Waals surface area contributed by atoms with Gasteiger partial charge in [-0.3, -0.25) is 0 Å². The predicted octanol–water partition coefficient (Wildman–Crippen LogP) is 3.80. The Kier molecular flexibility index (Phi) is 3.84. The third-order valence-corrected chi connectivity index (χ3v) is 5.30. The van der Waals surface area contributed by atoms with Gasteiger partial charge in [-0.1, -0.05) is 18.0 Å². The van der Waals surface area contributed by atoms with E-state index in [4.69, 9.17) is 21.4 Å². The average Bonchev–Trinajstić information content (AvgIpc) is 2.37. The van der Waals surface area contributed by atoms with Gasteiger partial charge in [-0.15, -0.1) is 0 Å². The lowest BCUT2D eigenvalue weighted by Gasteiger charge is -2.61. The van der Waals surface area contributed by atoms with Gasteiger partial charge < -0.3 is 15.2 Å². The van der Waals surface area contributed by atoms with Crippen molar-refractivity contribution < 1.29 is 14.6 Å². The molecule has 2 aliphatic carbocycles. The van der Waals surface area contributed by atoms with Crippen LogP contribution in [0.4, 0.5) is 5.69 Å². The quantitative estimate of drug-likeness (QED) is 0.868. The summed E-state index contributed by atoms with van der Waals surface area (Å²) >= 11 is 5.91. The van der Waals surface area contributed by atoms with Crippen molar-refractivity contribution in [1.29, 1.82) is 0 Å². The normalized spacial score (nSPS) is 26.0. The summed E-state index contributed by atoms with van der Waals surface area (Å²) < 4.78 is 5.83. The van der Waals surface area contributed by atoms with Crippen molar-refractivity contribution in [3.8, 4) is 0 Å². The second-order valence-corrected chi connectivity index (χ2v) is 6.37. The third kappa shape index (κ3) is 2.40. The Morgan fingerprint density at radius 1 is 1.52 bits per heavy atom. The Labute approximate surface area is 129 Å². The van der Waals surface area contributed by atoms with Crippen LogP contribution in [0.5, 0.6) is 0 Å². The molecule has 0 amide bonds. The zero-order valence-corrected chi connectivity index (χ0v) is 12.8. The van der Waals surface area contributed by atoms with E-state index in [9.17, 15) is 4.79 Å². The second kappa shape index (κ2) is 5.50. The highest BCUT2D eigenvalue weighted by atomic mass is 35.5. The molecule has 3 rings (SSSR count). The Bertz CT molecular complexity index is 556. The molecule has 2 saturated carbocycles. The summed E-state index contributed by atoms with van der Waals surface area (Å²) in [7, 11) is 0. The molecule has 114 valence electrons. The summed E-state index contributed by atoms with van der Waals surface area (Å²) in [6.07, 6.45) is 4.96. The van der Waals surface area contributed by atoms with Gasteiger partial charge in [0.2, 0.25) is 0 Å². The van der Waals surface area contributed by atoms with E-state index in [0.717, 1.165) is 18.7 Å². The van der Waals surface area contributed by atoms with Crippen molar-refractivity contribution in [1.82, 2.24) is 0 Å². The zero-order valence-electron chi connectivity index (χ0n) is 12.1. The van der Waals surface area contributed by atoms with Gasteiger partial charge in [-0.25, -0.2) is 4.79 Å². The molecule has 0 heterocycles. The molecular formula is C16H20ClNO3. The fourth-order valence-corrected chi connectivity index (χ4v) is 3.82. The van der Waals surface area contributed by atoms with E-state index < -0.39 is 5.97 Å². The van der Waals surface area contributed by atoms with E-state index in [2.05, 4.69) is 5.32 Å². The zero-order chi connectivity index (χ0) is 15.0. The highest BCUT2D eigenvalue weighted by molar-refractivity contribution is 6.33. The molecule has 1 spiro atoms. The van der Waals surface area contributed by atoms with Crippen LogP contribution in [-0.4, -0.2) is 29.8 Å². The Morgan fingerprint density at radius 3 is 2.86 bits per heavy atom. The summed E-state index contributed by atoms with van der Waals surface area (Å²) in [5.74, 6) is -0.997. The van der Waals surface area contributed by atoms with E-state index >= 15 is 0 Å². The van der Waals surface area contributed by atoms with Gasteiger partial charge in [0.05, 0.1) is 16.7 Å². The van der Waals surface area contributed by atoms with Crippen molar-refractivity contribution in [3.63, 3.8) is 0 Å². The summed E-state index contributed by atoms with van der Waals surface area (Å²) in [6, 6.07) is 5.46. The summed E-state index contributed by atoms with van der Waals surface area (Å²) in [4.78, 5) is 11.1. The lowest BCUT2D eigenvalue weighted by atomic mass is 9.51. The maximum Gasteiger partial charge on any atom is 0.337 e. The molecule has 2 aliphatic rings. The molecule has 0 aromatic heterocycles. The van der Waals surface area contributed by atoms with Crippen molar-refractivity contribution in [2.45, 2.75) is 44.8 Å². The van der Waals surface area contributed by atoms with Crippen LogP contribution in [0.1, 0.15) is 43.0 Å². The van der Waals surface area contributed by atoms with E-state index in [1.165, 1.54) is 19.3 Å². The van der Waals surface area contributed by atoms with Gasteiger partial charge in [-0.2, -0.15) is 0 Å². The number of ether oxygens (including phenoxy) is 1. The Hall–Kier alpha value is -1.26. The maximum atomic E-state index is 11.1.